The zero-order valence-electron chi connectivity index (χ0n) is 7.31. The average Bonchev–Trinajstić information content (AvgIpc) is 2.16. The number of benzene rings is 1. The maximum absolute atomic E-state index is 13.6. The molecule has 0 fully saturated rings. The van der Waals surface area contributed by atoms with Gasteiger partial charge in [-0.1, -0.05) is 17.7 Å². The van der Waals surface area contributed by atoms with Crippen LogP contribution in [0.2, 0.25) is 5.02 Å². The first-order valence-electron chi connectivity index (χ1n) is 4.00. The van der Waals surface area contributed by atoms with Gasteiger partial charge in [0.1, 0.15) is 5.52 Å². The van der Waals surface area contributed by atoms with Crippen LogP contribution in [0.25, 0.3) is 10.9 Å². The molecule has 2 rings (SSSR count). The number of hydrogen-bond acceptors (Lipinski definition) is 1. The van der Waals surface area contributed by atoms with E-state index in [0.717, 1.165) is 11.1 Å². The second-order valence-corrected chi connectivity index (χ2v) is 4.24. The molecule has 0 amide bonds. The van der Waals surface area contributed by atoms with Crippen molar-refractivity contribution in [2.24, 2.45) is 0 Å². The molecule has 0 saturated heterocycles. The third-order valence-corrected chi connectivity index (χ3v) is 3.18. The molecular weight excluding hydrogens is 268 g/mol. The summed E-state index contributed by atoms with van der Waals surface area (Å²) in [7, 11) is 0. The van der Waals surface area contributed by atoms with E-state index in [1.807, 2.05) is 19.1 Å². The highest BCUT2D eigenvalue weighted by molar-refractivity contribution is 9.10. The van der Waals surface area contributed by atoms with Crippen LogP contribution < -0.4 is 0 Å². The lowest BCUT2D eigenvalue weighted by Gasteiger charge is -2.03. The van der Waals surface area contributed by atoms with Gasteiger partial charge in [-0.3, -0.25) is 0 Å². The summed E-state index contributed by atoms with van der Waals surface area (Å²) in [6.45, 7) is 1.81. The van der Waals surface area contributed by atoms with Gasteiger partial charge in [-0.15, -0.1) is 0 Å². The van der Waals surface area contributed by atoms with Gasteiger partial charge in [0, 0.05) is 15.6 Å². The zero-order valence-corrected chi connectivity index (χ0v) is 9.66. The lowest BCUT2D eigenvalue weighted by atomic mass is 10.2. The van der Waals surface area contributed by atoms with E-state index >= 15 is 0 Å². The highest BCUT2D eigenvalue weighted by Crippen LogP contribution is 2.31. The van der Waals surface area contributed by atoms with Gasteiger partial charge in [0.25, 0.3) is 0 Å². The van der Waals surface area contributed by atoms with Crippen LogP contribution in [0.4, 0.5) is 4.39 Å². The highest BCUT2D eigenvalue weighted by atomic mass is 79.9. The number of pyridine rings is 1. The summed E-state index contributed by atoms with van der Waals surface area (Å²) in [6.07, 6.45) is 0. The van der Waals surface area contributed by atoms with Gasteiger partial charge in [0.2, 0.25) is 0 Å². The summed E-state index contributed by atoms with van der Waals surface area (Å²) < 4.78 is 14.2. The van der Waals surface area contributed by atoms with Crippen molar-refractivity contribution in [3.63, 3.8) is 0 Å². The van der Waals surface area contributed by atoms with Crippen molar-refractivity contribution in [2.45, 2.75) is 6.92 Å². The predicted octanol–water partition coefficient (Wildman–Crippen LogP) is 4.10. The van der Waals surface area contributed by atoms with E-state index in [4.69, 9.17) is 11.6 Å². The molecule has 4 heteroatoms. The summed E-state index contributed by atoms with van der Waals surface area (Å²) in [5, 5.41) is 0.819. The molecule has 2 aromatic rings. The molecule has 0 aliphatic rings. The lowest BCUT2D eigenvalue weighted by Crippen LogP contribution is -1.89. The molecule has 0 N–H and O–H groups in total. The Bertz CT molecular complexity index is 513. The number of aryl methyl sites for hydroxylation is 1. The summed E-state index contributed by atoms with van der Waals surface area (Å²) in [4.78, 5) is 4.10. The fraction of sp³-hybridized carbons (Fsp3) is 0.100. The smallest absolute Gasteiger partial charge is 0.169 e. The molecule has 1 heterocycles. The van der Waals surface area contributed by atoms with Crippen LogP contribution in [-0.4, -0.2) is 4.98 Å². The van der Waals surface area contributed by atoms with Crippen LogP contribution in [-0.2, 0) is 0 Å². The molecule has 0 saturated carbocycles. The van der Waals surface area contributed by atoms with Gasteiger partial charge >= 0.3 is 0 Å². The molecule has 0 aliphatic heterocycles. The minimum absolute atomic E-state index is 0.0793. The molecule has 0 unspecified atom stereocenters. The Labute approximate surface area is 94.0 Å². The fourth-order valence-electron chi connectivity index (χ4n) is 1.27. The van der Waals surface area contributed by atoms with Crippen LogP contribution in [0.5, 0.6) is 0 Å². The normalized spacial score (nSPS) is 10.9. The van der Waals surface area contributed by atoms with Crippen molar-refractivity contribution < 1.29 is 4.39 Å². The van der Waals surface area contributed by atoms with E-state index in [2.05, 4.69) is 20.9 Å². The first-order valence-corrected chi connectivity index (χ1v) is 5.17. The second kappa shape index (κ2) is 3.48. The van der Waals surface area contributed by atoms with E-state index in [0.29, 0.717) is 9.99 Å². The van der Waals surface area contributed by atoms with E-state index in [9.17, 15) is 4.39 Å². The molecule has 1 aromatic carbocycles. The van der Waals surface area contributed by atoms with Crippen LogP contribution in [0.1, 0.15) is 5.69 Å². The molecular formula is C10H6BrClFN. The zero-order chi connectivity index (χ0) is 10.3. The SMILES string of the molecule is Cc1ccc2cc(Br)c(Cl)c(F)c2n1. The maximum atomic E-state index is 13.6. The standard InChI is InChI=1S/C10H6BrClFN/c1-5-2-3-6-4-7(11)8(12)9(13)10(6)14-5/h2-4H,1H3. The van der Waals surface area contributed by atoms with Crippen LogP contribution in [0.3, 0.4) is 0 Å². The number of hydrogen-bond donors (Lipinski definition) is 0. The molecule has 0 bridgehead atoms. The summed E-state index contributed by atoms with van der Waals surface area (Å²) in [6, 6.07) is 5.41. The Hall–Kier alpha value is -0.670. The first-order chi connectivity index (χ1) is 6.59. The van der Waals surface area contributed by atoms with Crippen molar-refractivity contribution >= 4 is 38.4 Å². The van der Waals surface area contributed by atoms with E-state index in [-0.39, 0.29) is 5.02 Å². The van der Waals surface area contributed by atoms with Gasteiger partial charge in [0.15, 0.2) is 5.82 Å². The minimum Gasteiger partial charge on any atom is -0.250 e. The largest absolute Gasteiger partial charge is 0.250 e. The van der Waals surface area contributed by atoms with Crippen molar-refractivity contribution in [1.29, 1.82) is 0 Å². The van der Waals surface area contributed by atoms with Gasteiger partial charge in [0.05, 0.1) is 5.02 Å². The highest BCUT2D eigenvalue weighted by Gasteiger charge is 2.10. The minimum atomic E-state index is -0.472. The quantitative estimate of drug-likeness (QED) is 0.659. The Morgan fingerprint density at radius 1 is 1.43 bits per heavy atom. The van der Waals surface area contributed by atoms with Crippen LogP contribution >= 0.6 is 27.5 Å². The molecule has 72 valence electrons. The lowest BCUT2D eigenvalue weighted by molar-refractivity contribution is 0.636. The van der Waals surface area contributed by atoms with Gasteiger partial charge in [-0.05, 0) is 35.0 Å². The maximum Gasteiger partial charge on any atom is 0.169 e. The average molecular weight is 275 g/mol. The molecule has 1 aromatic heterocycles. The molecule has 0 atom stereocenters. The van der Waals surface area contributed by atoms with Gasteiger partial charge in [-0.2, -0.15) is 0 Å². The number of nitrogens with zero attached hydrogens (tertiary/aromatic N) is 1. The fourth-order valence-corrected chi connectivity index (χ4v) is 1.83. The summed E-state index contributed by atoms with van der Waals surface area (Å²) in [5.74, 6) is -0.472. The van der Waals surface area contributed by atoms with E-state index < -0.39 is 5.82 Å². The molecule has 0 spiro atoms. The van der Waals surface area contributed by atoms with Crippen LogP contribution in [0.15, 0.2) is 22.7 Å². The van der Waals surface area contributed by atoms with Gasteiger partial charge < -0.3 is 0 Å². The predicted molar refractivity (Wildman–Crippen MR) is 59.1 cm³/mol. The van der Waals surface area contributed by atoms with Crippen molar-refractivity contribution in [2.75, 3.05) is 0 Å². The van der Waals surface area contributed by atoms with E-state index in [1.54, 1.807) is 6.07 Å². The Kier molecular flexibility index (Phi) is 2.45. The summed E-state index contributed by atoms with van der Waals surface area (Å²) >= 11 is 8.93. The molecule has 14 heavy (non-hydrogen) atoms. The second-order valence-electron chi connectivity index (χ2n) is 3.01. The number of fused-ring (bicyclic) bond motifs is 1. The topological polar surface area (TPSA) is 12.9 Å². The van der Waals surface area contributed by atoms with E-state index in [1.165, 1.54) is 0 Å². The third-order valence-electron chi connectivity index (χ3n) is 1.96. The summed E-state index contributed by atoms with van der Waals surface area (Å²) in [5.41, 5.74) is 1.09. The Morgan fingerprint density at radius 2 is 2.14 bits per heavy atom. The van der Waals surface area contributed by atoms with Crippen molar-refractivity contribution in [3.05, 3.63) is 39.2 Å². The number of rotatable bonds is 0. The molecule has 0 radical (unpaired) electrons. The number of halogens is 3. The monoisotopic (exact) mass is 273 g/mol. The third kappa shape index (κ3) is 1.51. The molecule has 0 aliphatic carbocycles. The Morgan fingerprint density at radius 3 is 2.86 bits per heavy atom. The molecule has 1 nitrogen and oxygen atoms in total. The first kappa shape index (κ1) is 9.87. The van der Waals surface area contributed by atoms with Crippen LogP contribution in [0, 0.1) is 12.7 Å². The Balaban J connectivity index is 2.92. The van der Waals surface area contributed by atoms with Crippen molar-refractivity contribution in [3.8, 4) is 0 Å². The van der Waals surface area contributed by atoms with Crippen molar-refractivity contribution in [1.82, 2.24) is 4.98 Å². The van der Waals surface area contributed by atoms with Gasteiger partial charge in [-0.25, -0.2) is 9.37 Å². The number of aromatic nitrogens is 1.